The standard InChI is InChI=1S/C14H13N7S/c1-9(2)12-17-18-14-21(12)19-13(22-14)10-4-5-11(15-8-10)20-7-3-6-16-20/h3-9H,1-2H3. The van der Waals surface area contributed by atoms with Gasteiger partial charge in [0.2, 0.25) is 4.96 Å². The molecule has 4 rings (SSSR count). The molecule has 0 unspecified atom stereocenters. The zero-order chi connectivity index (χ0) is 15.1. The predicted octanol–water partition coefficient (Wildman–Crippen LogP) is 2.56. The second-order valence-corrected chi connectivity index (χ2v) is 6.13. The maximum atomic E-state index is 4.60. The van der Waals surface area contributed by atoms with Crippen LogP contribution in [0.1, 0.15) is 25.6 Å². The Morgan fingerprint density at radius 3 is 2.77 bits per heavy atom. The van der Waals surface area contributed by atoms with Gasteiger partial charge in [0.15, 0.2) is 11.6 Å². The molecule has 0 spiro atoms. The third-order valence-corrected chi connectivity index (χ3v) is 4.21. The van der Waals surface area contributed by atoms with E-state index < -0.39 is 0 Å². The lowest BCUT2D eigenvalue weighted by molar-refractivity contribution is 0.727. The molecule has 0 bridgehead atoms. The van der Waals surface area contributed by atoms with Crippen LogP contribution < -0.4 is 0 Å². The Kier molecular flexibility index (Phi) is 2.97. The van der Waals surface area contributed by atoms with Gasteiger partial charge in [0.05, 0.1) is 0 Å². The number of hydrogen-bond donors (Lipinski definition) is 0. The van der Waals surface area contributed by atoms with Gasteiger partial charge in [-0.1, -0.05) is 25.2 Å². The van der Waals surface area contributed by atoms with Gasteiger partial charge in [-0.15, -0.1) is 10.2 Å². The van der Waals surface area contributed by atoms with Gasteiger partial charge in [-0.2, -0.15) is 14.7 Å². The normalized spacial score (nSPS) is 11.6. The summed E-state index contributed by atoms with van der Waals surface area (Å²) in [6.45, 7) is 4.16. The molecule has 4 aromatic rings. The highest BCUT2D eigenvalue weighted by molar-refractivity contribution is 7.19. The minimum atomic E-state index is 0.283. The molecular formula is C14H13N7S. The van der Waals surface area contributed by atoms with E-state index in [1.807, 2.05) is 28.9 Å². The minimum Gasteiger partial charge on any atom is -0.236 e. The first-order valence-electron chi connectivity index (χ1n) is 6.91. The third kappa shape index (κ3) is 2.08. The molecule has 0 aliphatic heterocycles. The topological polar surface area (TPSA) is 73.8 Å². The fourth-order valence-electron chi connectivity index (χ4n) is 2.16. The van der Waals surface area contributed by atoms with E-state index in [2.05, 4.69) is 39.2 Å². The largest absolute Gasteiger partial charge is 0.236 e. The molecule has 4 aromatic heterocycles. The molecule has 0 saturated heterocycles. The Morgan fingerprint density at radius 1 is 1.18 bits per heavy atom. The van der Waals surface area contributed by atoms with Crippen LogP contribution in [-0.4, -0.2) is 34.6 Å². The fourth-order valence-corrected chi connectivity index (χ4v) is 3.00. The molecule has 0 N–H and O–H groups in total. The highest BCUT2D eigenvalue weighted by Gasteiger charge is 2.15. The molecule has 0 radical (unpaired) electrons. The second kappa shape index (κ2) is 4.99. The van der Waals surface area contributed by atoms with Crippen LogP contribution in [0, 0.1) is 0 Å². The van der Waals surface area contributed by atoms with Crippen LogP contribution in [0.3, 0.4) is 0 Å². The molecule has 4 heterocycles. The molecule has 110 valence electrons. The Bertz CT molecular complexity index is 903. The van der Waals surface area contributed by atoms with Crippen molar-refractivity contribution in [3.63, 3.8) is 0 Å². The highest BCUT2D eigenvalue weighted by Crippen LogP contribution is 2.26. The maximum Gasteiger partial charge on any atom is 0.234 e. The molecule has 0 amide bonds. The van der Waals surface area contributed by atoms with Crippen molar-refractivity contribution >= 4 is 16.3 Å². The fraction of sp³-hybridized carbons (Fsp3) is 0.214. The zero-order valence-electron chi connectivity index (χ0n) is 12.1. The third-order valence-electron chi connectivity index (χ3n) is 3.27. The van der Waals surface area contributed by atoms with Crippen molar-refractivity contribution in [3.8, 4) is 16.4 Å². The summed E-state index contributed by atoms with van der Waals surface area (Å²) >= 11 is 1.51. The average molecular weight is 311 g/mol. The van der Waals surface area contributed by atoms with Crippen molar-refractivity contribution < 1.29 is 0 Å². The van der Waals surface area contributed by atoms with Gasteiger partial charge in [-0.3, -0.25) is 0 Å². The number of nitrogens with zero attached hydrogens (tertiary/aromatic N) is 7. The van der Waals surface area contributed by atoms with Crippen LogP contribution in [-0.2, 0) is 0 Å². The summed E-state index contributed by atoms with van der Waals surface area (Å²) in [5, 5.41) is 18.0. The van der Waals surface area contributed by atoms with Crippen molar-refractivity contribution in [3.05, 3.63) is 42.6 Å². The van der Waals surface area contributed by atoms with Crippen LogP contribution in [0.2, 0.25) is 0 Å². The van der Waals surface area contributed by atoms with Crippen LogP contribution in [0.5, 0.6) is 0 Å². The molecular weight excluding hydrogens is 298 g/mol. The second-order valence-electron chi connectivity index (χ2n) is 5.17. The number of rotatable bonds is 3. The molecule has 8 heteroatoms. The van der Waals surface area contributed by atoms with E-state index in [1.165, 1.54) is 11.3 Å². The summed E-state index contributed by atoms with van der Waals surface area (Å²) in [6.07, 6.45) is 5.39. The monoisotopic (exact) mass is 311 g/mol. The zero-order valence-corrected chi connectivity index (χ0v) is 12.9. The van der Waals surface area contributed by atoms with E-state index in [1.54, 1.807) is 17.1 Å². The van der Waals surface area contributed by atoms with Gasteiger partial charge >= 0.3 is 0 Å². The summed E-state index contributed by atoms with van der Waals surface area (Å²) < 4.78 is 3.53. The van der Waals surface area contributed by atoms with Crippen molar-refractivity contribution in [1.29, 1.82) is 0 Å². The van der Waals surface area contributed by atoms with Crippen LogP contribution in [0.4, 0.5) is 0 Å². The molecule has 0 aromatic carbocycles. The molecule has 0 fully saturated rings. The minimum absolute atomic E-state index is 0.283. The quantitative estimate of drug-likeness (QED) is 0.581. The van der Waals surface area contributed by atoms with Crippen molar-refractivity contribution in [2.45, 2.75) is 19.8 Å². The van der Waals surface area contributed by atoms with E-state index in [0.717, 1.165) is 27.2 Å². The summed E-state index contributed by atoms with van der Waals surface area (Å²) in [6, 6.07) is 5.78. The first kappa shape index (κ1) is 13.1. The predicted molar refractivity (Wildman–Crippen MR) is 83.1 cm³/mol. The Labute approximate surface area is 130 Å². The van der Waals surface area contributed by atoms with Gasteiger partial charge in [0.25, 0.3) is 0 Å². The Morgan fingerprint density at radius 2 is 2.09 bits per heavy atom. The lowest BCUT2D eigenvalue weighted by Gasteiger charge is -2.01. The van der Waals surface area contributed by atoms with Crippen molar-refractivity contribution in [1.82, 2.24) is 34.6 Å². The number of fused-ring (bicyclic) bond motifs is 1. The van der Waals surface area contributed by atoms with E-state index in [0.29, 0.717) is 0 Å². The highest BCUT2D eigenvalue weighted by atomic mass is 32.1. The molecule has 0 aliphatic carbocycles. The smallest absolute Gasteiger partial charge is 0.234 e. The molecule has 7 nitrogen and oxygen atoms in total. The first-order valence-corrected chi connectivity index (χ1v) is 7.72. The van der Waals surface area contributed by atoms with Gasteiger partial charge in [0.1, 0.15) is 5.01 Å². The SMILES string of the molecule is CC(C)c1nnc2sc(-c3ccc(-n4cccn4)nc3)nn12. The summed E-state index contributed by atoms with van der Waals surface area (Å²) in [5.74, 6) is 1.93. The van der Waals surface area contributed by atoms with E-state index >= 15 is 0 Å². The van der Waals surface area contributed by atoms with Crippen LogP contribution in [0.15, 0.2) is 36.8 Å². The van der Waals surface area contributed by atoms with E-state index in [-0.39, 0.29) is 5.92 Å². The van der Waals surface area contributed by atoms with Gasteiger partial charge in [-0.05, 0) is 18.2 Å². The lowest BCUT2D eigenvalue weighted by atomic mass is 10.2. The number of hydrogen-bond acceptors (Lipinski definition) is 6. The van der Waals surface area contributed by atoms with E-state index in [4.69, 9.17) is 0 Å². The van der Waals surface area contributed by atoms with Crippen molar-refractivity contribution in [2.24, 2.45) is 0 Å². The van der Waals surface area contributed by atoms with Crippen LogP contribution in [0.25, 0.3) is 21.3 Å². The lowest BCUT2D eigenvalue weighted by Crippen LogP contribution is -1.99. The molecule has 0 saturated carbocycles. The number of pyridine rings is 1. The van der Waals surface area contributed by atoms with E-state index in [9.17, 15) is 0 Å². The van der Waals surface area contributed by atoms with Gasteiger partial charge in [-0.25, -0.2) is 9.67 Å². The average Bonchev–Trinajstić information content (AvgIpc) is 3.23. The summed E-state index contributed by atoms with van der Waals surface area (Å²) in [4.78, 5) is 5.23. The summed E-state index contributed by atoms with van der Waals surface area (Å²) in [7, 11) is 0. The Hall–Kier alpha value is -2.61. The van der Waals surface area contributed by atoms with Crippen LogP contribution >= 0.6 is 11.3 Å². The van der Waals surface area contributed by atoms with Crippen molar-refractivity contribution in [2.75, 3.05) is 0 Å². The number of aromatic nitrogens is 7. The molecule has 0 aliphatic rings. The van der Waals surface area contributed by atoms with Gasteiger partial charge < -0.3 is 0 Å². The van der Waals surface area contributed by atoms with Gasteiger partial charge in [0, 0.05) is 30.1 Å². The molecule has 22 heavy (non-hydrogen) atoms. The maximum absolute atomic E-state index is 4.60. The first-order chi connectivity index (χ1) is 10.7. The summed E-state index contributed by atoms with van der Waals surface area (Å²) in [5.41, 5.74) is 0.959. The molecule has 0 atom stereocenters. The Balaban J connectivity index is 1.72.